The Balaban J connectivity index is 1.69. The maximum Gasteiger partial charge on any atom is 0.251 e. The maximum atomic E-state index is 12.8. The molecule has 0 fully saturated rings. The van der Waals surface area contributed by atoms with E-state index >= 15 is 0 Å². The number of nitrogens with zero attached hydrogens (tertiary/aromatic N) is 1. The summed E-state index contributed by atoms with van der Waals surface area (Å²) in [6.07, 6.45) is 1.23. The molecule has 31 heavy (non-hydrogen) atoms. The fourth-order valence-electron chi connectivity index (χ4n) is 3.66. The second-order valence-corrected chi connectivity index (χ2v) is 7.44. The topological polar surface area (TPSA) is 77.1 Å². The van der Waals surface area contributed by atoms with Gasteiger partial charge in [-0.15, -0.1) is 0 Å². The minimum absolute atomic E-state index is 0.105. The van der Waals surface area contributed by atoms with Gasteiger partial charge in [-0.05, 0) is 54.8 Å². The van der Waals surface area contributed by atoms with Gasteiger partial charge >= 0.3 is 0 Å². The average Bonchev–Trinajstić information content (AvgIpc) is 3.22. The Kier molecular flexibility index (Phi) is 7.52. The molecule has 1 aliphatic heterocycles. The van der Waals surface area contributed by atoms with Crippen LogP contribution < -0.4 is 19.7 Å². The molecule has 1 unspecified atom stereocenters. The Morgan fingerprint density at radius 2 is 1.90 bits per heavy atom. The van der Waals surface area contributed by atoms with Crippen molar-refractivity contribution in [3.63, 3.8) is 0 Å². The van der Waals surface area contributed by atoms with Crippen LogP contribution in [0.1, 0.15) is 47.8 Å². The van der Waals surface area contributed by atoms with Crippen LogP contribution in [0.4, 0.5) is 5.69 Å². The fourth-order valence-corrected chi connectivity index (χ4v) is 3.66. The first-order chi connectivity index (χ1) is 15.0. The maximum absolute atomic E-state index is 12.8. The number of nitrogens with one attached hydrogen (secondary N) is 1. The van der Waals surface area contributed by atoms with Crippen LogP contribution in [0.3, 0.4) is 0 Å². The largest absolute Gasteiger partial charge is 0.493 e. The molecule has 0 saturated heterocycles. The highest BCUT2D eigenvalue weighted by Gasteiger charge is 2.24. The second-order valence-electron chi connectivity index (χ2n) is 7.44. The van der Waals surface area contributed by atoms with Gasteiger partial charge < -0.3 is 24.4 Å². The van der Waals surface area contributed by atoms with Crippen LogP contribution in [-0.2, 0) is 16.0 Å². The number of amides is 2. The predicted octanol–water partition coefficient (Wildman–Crippen LogP) is 3.51. The Labute approximate surface area is 183 Å². The van der Waals surface area contributed by atoms with Crippen molar-refractivity contribution < 1.29 is 23.8 Å². The number of carbonyl (C=O) groups excluding carboxylic acids is 2. The SMILES string of the molecule is CCC(=O)N1CCc2cc(C(=O)NC(C)c3ccc(OCCOC)c(OC)c3)ccc21. The quantitative estimate of drug-likeness (QED) is 0.621. The molecule has 0 spiro atoms. The van der Waals surface area contributed by atoms with Crippen LogP contribution in [0, 0.1) is 0 Å². The molecule has 1 N–H and O–H groups in total. The van der Waals surface area contributed by atoms with Crippen molar-refractivity contribution in [2.24, 2.45) is 0 Å². The molecule has 0 radical (unpaired) electrons. The average molecular weight is 427 g/mol. The van der Waals surface area contributed by atoms with Gasteiger partial charge in [-0.2, -0.15) is 0 Å². The molecule has 0 bridgehead atoms. The molecule has 0 aromatic heterocycles. The Morgan fingerprint density at radius 1 is 1.10 bits per heavy atom. The molecule has 1 atom stereocenters. The van der Waals surface area contributed by atoms with Gasteiger partial charge in [-0.1, -0.05) is 13.0 Å². The van der Waals surface area contributed by atoms with Crippen LogP contribution in [-0.4, -0.2) is 45.8 Å². The number of methoxy groups -OCH3 is 2. The van der Waals surface area contributed by atoms with Crippen LogP contribution in [0.15, 0.2) is 36.4 Å². The van der Waals surface area contributed by atoms with Crippen LogP contribution in [0.25, 0.3) is 0 Å². The summed E-state index contributed by atoms with van der Waals surface area (Å²) in [6, 6.07) is 10.9. The van der Waals surface area contributed by atoms with Crippen molar-refractivity contribution in [2.75, 3.05) is 38.9 Å². The third-order valence-corrected chi connectivity index (χ3v) is 5.42. The number of anilines is 1. The van der Waals surface area contributed by atoms with Crippen molar-refractivity contribution in [3.8, 4) is 11.5 Å². The minimum atomic E-state index is -0.221. The molecule has 166 valence electrons. The van der Waals surface area contributed by atoms with E-state index in [1.54, 1.807) is 25.2 Å². The smallest absolute Gasteiger partial charge is 0.251 e. The number of rotatable bonds is 9. The summed E-state index contributed by atoms with van der Waals surface area (Å²) in [7, 11) is 3.21. The zero-order chi connectivity index (χ0) is 22.4. The van der Waals surface area contributed by atoms with Crippen molar-refractivity contribution in [1.29, 1.82) is 0 Å². The zero-order valence-electron chi connectivity index (χ0n) is 18.6. The minimum Gasteiger partial charge on any atom is -0.493 e. The summed E-state index contributed by atoms with van der Waals surface area (Å²) in [5.74, 6) is 1.18. The Morgan fingerprint density at radius 3 is 2.61 bits per heavy atom. The monoisotopic (exact) mass is 426 g/mol. The highest BCUT2D eigenvalue weighted by molar-refractivity contribution is 5.98. The molecule has 3 rings (SSSR count). The van der Waals surface area contributed by atoms with Crippen molar-refractivity contribution in [1.82, 2.24) is 5.32 Å². The van der Waals surface area contributed by atoms with Gasteiger partial charge in [0, 0.05) is 31.3 Å². The van der Waals surface area contributed by atoms with E-state index in [-0.39, 0.29) is 17.9 Å². The highest BCUT2D eigenvalue weighted by Crippen LogP contribution is 2.31. The first kappa shape index (κ1) is 22.6. The van der Waals surface area contributed by atoms with E-state index in [1.165, 1.54) is 0 Å². The lowest BCUT2D eigenvalue weighted by molar-refractivity contribution is -0.118. The van der Waals surface area contributed by atoms with Gasteiger partial charge in [0.1, 0.15) is 6.61 Å². The summed E-state index contributed by atoms with van der Waals surface area (Å²) in [6.45, 7) is 5.37. The summed E-state index contributed by atoms with van der Waals surface area (Å²) < 4.78 is 16.1. The van der Waals surface area contributed by atoms with Gasteiger partial charge in [-0.3, -0.25) is 9.59 Å². The summed E-state index contributed by atoms with van der Waals surface area (Å²) in [4.78, 5) is 26.7. The highest BCUT2D eigenvalue weighted by atomic mass is 16.5. The zero-order valence-corrected chi connectivity index (χ0v) is 18.6. The van der Waals surface area contributed by atoms with E-state index < -0.39 is 0 Å². The molecule has 2 aromatic carbocycles. The molecular formula is C24H30N2O5. The Bertz CT molecular complexity index is 944. The van der Waals surface area contributed by atoms with E-state index in [0.29, 0.717) is 43.2 Å². The number of carbonyl (C=O) groups is 2. The molecule has 7 nitrogen and oxygen atoms in total. The number of hydrogen-bond donors (Lipinski definition) is 1. The third kappa shape index (κ3) is 5.17. The number of benzene rings is 2. The first-order valence-electron chi connectivity index (χ1n) is 10.5. The number of fused-ring (bicyclic) bond motifs is 1. The van der Waals surface area contributed by atoms with Crippen LogP contribution in [0.2, 0.25) is 0 Å². The molecule has 7 heteroatoms. The summed E-state index contributed by atoms with van der Waals surface area (Å²) in [5, 5.41) is 3.04. The molecular weight excluding hydrogens is 396 g/mol. The van der Waals surface area contributed by atoms with E-state index in [1.807, 2.05) is 44.2 Å². The Hall–Kier alpha value is -3.06. The van der Waals surface area contributed by atoms with Crippen molar-refractivity contribution in [3.05, 3.63) is 53.1 Å². The van der Waals surface area contributed by atoms with Gasteiger partial charge in [0.15, 0.2) is 11.5 Å². The number of ether oxygens (including phenoxy) is 3. The molecule has 1 aliphatic rings. The standard InChI is InChI=1S/C24H30N2O5/c1-5-23(27)26-11-10-18-14-19(6-8-20(18)26)24(28)25-16(2)17-7-9-21(22(15-17)30-4)31-13-12-29-3/h6-9,14-16H,5,10-13H2,1-4H3,(H,25,28). The van der Waals surface area contributed by atoms with E-state index in [0.717, 1.165) is 23.2 Å². The van der Waals surface area contributed by atoms with Gasteiger partial charge in [-0.25, -0.2) is 0 Å². The van der Waals surface area contributed by atoms with Crippen LogP contribution in [0.5, 0.6) is 11.5 Å². The van der Waals surface area contributed by atoms with Crippen LogP contribution >= 0.6 is 0 Å². The second kappa shape index (κ2) is 10.3. The molecule has 0 saturated carbocycles. The number of hydrogen-bond acceptors (Lipinski definition) is 5. The first-order valence-corrected chi connectivity index (χ1v) is 10.5. The molecule has 2 aromatic rings. The predicted molar refractivity (Wildman–Crippen MR) is 119 cm³/mol. The van der Waals surface area contributed by atoms with Crippen molar-refractivity contribution >= 4 is 17.5 Å². The molecule has 0 aliphatic carbocycles. The third-order valence-electron chi connectivity index (χ3n) is 5.42. The van der Waals surface area contributed by atoms with Gasteiger partial charge in [0.25, 0.3) is 5.91 Å². The van der Waals surface area contributed by atoms with Crippen molar-refractivity contribution in [2.45, 2.75) is 32.7 Å². The summed E-state index contributed by atoms with van der Waals surface area (Å²) in [5.41, 5.74) is 3.43. The van der Waals surface area contributed by atoms with Gasteiger partial charge in [0.2, 0.25) is 5.91 Å². The lowest BCUT2D eigenvalue weighted by atomic mass is 10.1. The van der Waals surface area contributed by atoms with Gasteiger partial charge in [0.05, 0.1) is 19.8 Å². The lowest BCUT2D eigenvalue weighted by Crippen LogP contribution is -2.28. The van der Waals surface area contributed by atoms with E-state index in [2.05, 4.69) is 5.32 Å². The molecule has 2 amide bonds. The van der Waals surface area contributed by atoms with E-state index in [9.17, 15) is 9.59 Å². The van der Waals surface area contributed by atoms with E-state index in [4.69, 9.17) is 14.2 Å². The lowest BCUT2D eigenvalue weighted by Gasteiger charge is -2.18. The summed E-state index contributed by atoms with van der Waals surface area (Å²) >= 11 is 0. The fraction of sp³-hybridized carbons (Fsp3) is 0.417. The normalized spacial score (nSPS) is 13.5. The molecule has 1 heterocycles.